The molecule has 1 heterocycles. The van der Waals surface area contributed by atoms with Gasteiger partial charge < -0.3 is 10.0 Å². The summed E-state index contributed by atoms with van der Waals surface area (Å²) in [6.45, 7) is 1.79. The van der Waals surface area contributed by atoms with Gasteiger partial charge in [0.1, 0.15) is 6.33 Å². The van der Waals surface area contributed by atoms with Crippen LogP contribution in [0.4, 0.5) is 11.5 Å². The SMILES string of the molecule is CC(O)CN(C)c1ncnc(Cl)c1[N+](=O)[O-]. The molecule has 1 aromatic heterocycles. The lowest BCUT2D eigenvalue weighted by atomic mass is 10.3. The van der Waals surface area contributed by atoms with Crippen LogP contribution in [0.25, 0.3) is 0 Å². The first-order valence-electron chi connectivity index (χ1n) is 4.47. The second-order valence-corrected chi connectivity index (χ2v) is 3.68. The highest BCUT2D eigenvalue weighted by Gasteiger charge is 2.24. The molecule has 0 saturated heterocycles. The molecule has 1 atom stereocenters. The molecule has 0 fully saturated rings. The van der Waals surface area contributed by atoms with E-state index in [1.54, 1.807) is 14.0 Å². The van der Waals surface area contributed by atoms with Crippen molar-refractivity contribution in [3.05, 3.63) is 21.6 Å². The third-order valence-electron chi connectivity index (χ3n) is 1.84. The molecule has 7 nitrogen and oxygen atoms in total. The van der Waals surface area contributed by atoms with Crippen LogP contribution in [0.3, 0.4) is 0 Å². The minimum Gasteiger partial charge on any atom is -0.392 e. The number of rotatable bonds is 4. The average molecular weight is 247 g/mol. The number of aliphatic hydroxyl groups excluding tert-OH is 1. The van der Waals surface area contributed by atoms with Crippen molar-refractivity contribution in [1.82, 2.24) is 9.97 Å². The van der Waals surface area contributed by atoms with Gasteiger partial charge in [0.25, 0.3) is 0 Å². The summed E-state index contributed by atoms with van der Waals surface area (Å²) in [5, 5.41) is 19.8. The maximum atomic E-state index is 10.8. The number of aliphatic hydroxyl groups is 1. The summed E-state index contributed by atoms with van der Waals surface area (Å²) < 4.78 is 0. The Bertz CT molecular complexity index is 399. The van der Waals surface area contributed by atoms with Gasteiger partial charge in [-0.15, -0.1) is 0 Å². The quantitative estimate of drug-likeness (QED) is 0.481. The zero-order valence-corrected chi connectivity index (χ0v) is 9.55. The summed E-state index contributed by atoms with van der Waals surface area (Å²) in [6, 6.07) is 0. The van der Waals surface area contributed by atoms with Crippen molar-refractivity contribution < 1.29 is 10.0 Å². The van der Waals surface area contributed by atoms with Gasteiger partial charge in [-0.05, 0) is 6.92 Å². The molecule has 88 valence electrons. The minimum atomic E-state index is -0.643. The van der Waals surface area contributed by atoms with Crippen LogP contribution in [0, 0.1) is 10.1 Å². The lowest BCUT2D eigenvalue weighted by Gasteiger charge is -2.19. The molecular weight excluding hydrogens is 236 g/mol. The first-order chi connectivity index (χ1) is 7.43. The molecule has 1 rings (SSSR count). The molecule has 0 saturated carbocycles. The van der Waals surface area contributed by atoms with Crippen molar-refractivity contribution in [2.75, 3.05) is 18.5 Å². The summed E-state index contributed by atoms with van der Waals surface area (Å²) in [5.74, 6) is 0.0888. The second kappa shape index (κ2) is 5.04. The van der Waals surface area contributed by atoms with E-state index in [1.807, 2.05) is 0 Å². The maximum Gasteiger partial charge on any atom is 0.348 e. The van der Waals surface area contributed by atoms with Crippen molar-refractivity contribution in [3.63, 3.8) is 0 Å². The Morgan fingerprint density at radius 1 is 1.69 bits per heavy atom. The number of hydrogen-bond acceptors (Lipinski definition) is 6. The summed E-state index contributed by atoms with van der Waals surface area (Å²) >= 11 is 5.62. The van der Waals surface area contributed by atoms with Gasteiger partial charge in [0.05, 0.1) is 11.0 Å². The Hall–Kier alpha value is -1.47. The highest BCUT2D eigenvalue weighted by atomic mass is 35.5. The molecule has 8 heteroatoms. The number of anilines is 1. The Balaban J connectivity index is 3.12. The smallest absolute Gasteiger partial charge is 0.348 e. The normalized spacial score (nSPS) is 12.2. The van der Waals surface area contributed by atoms with Gasteiger partial charge in [-0.1, -0.05) is 11.6 Å². The molecule has 0 amide bonds. The van der Waals surface area contributed by atoms with E-state index < -0.39 is 11.0 Å². The second-order valence-electron chi connectivity index (χ2n) is 3.32. The van der Waals surface area contributed by atoms with E-state index in [-0.39, 0.29) is 23.2 Å². The summed E-state index contributed by atoms with van der Waals surface area (Å²) in [6.07, 6.45) is 0.516. The van der Waals surface area contributed by atoms with Crippen LogP contribution in [0.2, 0.25) is 5.15 Å². The number of likely N-dealkylation sites (N-methyl/N-ethyl adjacent to an activating group) is 1. The monoisotopic (exact) mass is 246 g/mol. The molecule has 0 aromatic carbocycles. The summed E-state index contributed by atoms with van der Waals surface area (Å²) in [4.78, 5) is 18.9. The number of hydrogen-bond donors (Lipinski definition) is 1. The fourth-order valence-corrected chi connectivity index (χ4v) is 1.47. The van der Waals surface area contributed by atoms with E-state index in [1.165, 1.54) is 4.90 Å². The fraction of sp³-hybridized carbons (Fsp3) is 0.500. The third-order valence-corrected chi connectivity index (χ3v) is 2.12. The zero-order valence-electron chi connectivity index (χ0n) is 8.79. The maximum absolute atomic E-state index is 10.8. The van der Waals surface area contributed by atoms with Crippen LogP contribution in [-0.2, 0) is 0 Å². The van der Waals surface area contributed by atoms with Crippen molar-refractivity contribution in [1.29, 1.82) is 0 Å². The van der Waals surface area contributed by atoms with E-state index in [0.717, 1.165) is 6.33 Å². The van der Waals surface area contributed by atoms with Crippen molar-refractivity contribution >= 4 is 23.1 Å². The van der Waals surface area contributed by atoms with Gasteiger partial charge in [-0.3, -0.25) is 10.1 Å². The highest BCUT2D eigenvalue weighted by Crippen LogP contribution is 2.30. The van der Waals surface area contributed by atoms with E-state index >= 15 is 0 Å². The number of nitro groups is 1. The molecule has 16 heavy (non-hydrogen) atoms. The Morgan fingerprint density at radius 3 is 2.81 bits per heavy atom. The molecule has 0 radical (unpaired) electrons. The predicted octanol–water partition coefficient (Wildman–Crippen LogP) is 0.855. The van der Waals surface area contributed by atoms with Gasteiger partial charge in [-0.2, -0.15) is 0 Å². The van der Waals surface area contributed by atoms with Crippen LogP contribution in [0.1, 0.15) is 6.92 Å². The van der Waals surface area contributed by atoms with E-state index in [0.29, 0.717) is 0 Å². The Kier molecular flexibility index (Phi) is 3.97. The molecule has 0 aliphatic rings. The molecule has 0 aliphatic carbocycles. The minimum absolute atomic E-state index is 0.0888. The molecule has 0 spiro atoms. The van der Waals surface area contributed by atoms with E-state index in [2.05, 4.69) is 9.97 Å². The number of aromatic nitrogens is 2. The first-order valence-corrected chi connectivity index (χ1v) is 4.85. The van der Waals surface area contributed by atoms with Crippen LogP contribution in [0.15, 0.2) is 6.33 Å². The Labute approximate surface area is 96.8 Å². The lowest BCUT2D eigenvalue weighted by Crippen LogP contribution is -2.28. The van der Waals surface area contributed by atoms with E-state index in [9.17, 15) is 15.2 Å². The lowest BCUT2D eigenvalue weighted by molar-refractivity contribution is -0.384. The van der Waals surface area contributed by atoms with Crippen molar-refractivity contribution in [2.45, 2.75) is 13.0 Å². The molecular formula is C8H11ClN4O3. The Morgan fingerprint density at radius 2 is 2.31 bits per heavy atom. The van der Waals surface area contributed by atoms with Gasteiger partial charge >= 0.3 is 5.69 Å². The van der Waals surface area contributed by atoms with Crippen LogP contribution < -0.4 is 4.90 Å². The van der Waals surface area contributed by atoms with Gasteiger partial charge in [0.2, 0.25) is 11.0 Å². The van der Waals surface area contributed by atoms with E-state index in [4.69, 9.17) is 11.6 Å². The number of nitrogens with zero attached hydrogens (tertiary/aromatic N) is 4. The average Bonchev–Trinajstić information content (AvgIpc) is 2.15. The molecule has 0 bridgehead atoms. The zero-order chi connectivity index (χ0) is 12.3. The molecule has 1 N–H and O–H groups in total. The molecule has 1 unspecified atom stereocenters. The third kappa shape index (κ3) is 2.77. The standard InChI is InChI=1S/C8H11ClN4O3/c1-5(14)3-12(2)8-6(13(15)16)7(9)10-4-11-8/h4-5,14H,3H2,1-2H3. The topological polar surface area (TPSA) is 92.4 Å². The van der Waals surface area contributed by atoms with Gasteiger partial charge in [0, 0.05) is 13.6 Å². The van der Waals surface area contributed by atoms with Crippen molar-refractivity contribution in [3.8, 4) is 0 Å². The predicted molar refractivity (Wildman–Crippen MR) is 58.6 cm³/mol. The summed E-state index contributed by atoms with van der Waals surface area (Å²) in [7, 11) is 1.58. The van der Waals surface area contributed by atoms with Crippen molar-refractivity contribution in [2.24, 2.45) is 0 Å². The molecule has 1 aromatic rings. The van der Waals surface area contributed by atoms with Crippen LogP contribution in [0.5, 0.6) is 0 Å². The summed E-state index contributed by atoms with van der Waals surface area (Å²) in [5.41, 5.74) is -0.354. The first kappa shape index (κ1) is 12.6. The van der Waals surface area contributed by atoms with Crippen LogP contribution >= 0.6 is 11.6 Å². The highest BCUT2D eigenvalue weighted by molar-refractivity contribution is 6.31. The largest absolute Gasteiger partial charge is 0.392 e. The fourth-order valence-electron chi connectivity index (χ4n) is 1.27. The van der Waals surface area contributed by atoms with Gasteiger partial charge in [-0.25, -0.2) is 9.97 Å². The van der Waals surface area contributed by atoms with Gasteiger partial charge in [0.15, 0.2) is 0 Å². The molecule has 0 aliphatic heterocycles. The number of halogens is 1. The van der Waals surface area contributed by atoms with Crippen LogP contribution in [-0.4, -0.2) is 39.7 Å².